The van der Waals surface area contributed by atoms with Crippen LogP contribution in [0.5, 0.6) is 0 Å². The third-order valence-electron chi connectivity index (χ3n) is 2.11. The van der Waals surface area contributed by atoms with Crippen molar-refractivity contribution in [2.45, 2.75) is 6.42 Å². The van der Waals surface area contributed by atoms with Gasteiger partial charge in [0.2, 0.25) is 0 Å². The molecular formula is C11H10BrN3. The lowest BCUT2D eigenvalue weighted by Crippen LogP contribution is -2.00. The molecule has 2 rings (SSSR count). The monoisotopic (exact) mass is 263 g/mol. The number of hydrogen-bond donors (Lipinski definition) is 1. The molecule has 1 aromatic heterocycles. The lowest BCUT2D eigenvalue weighted by atomic mass is 10.1. The highest BCUT2D eigenvalue weighted by molar-refractivity contribution is 9.10. The van der Waals surface area contributed by atoms with E-state index in [0.29, 0.717) is 10.6 Å². The number of nitrogens with zero attached hydrogens (tertiary/aromatic N) is 2. The lowest BCUT2D eigenvalue weighted by molar-refractivity contribution is 1.05. The van der Waals surface area contributed by atoms with Crippen molar-refractivity contribution in [3.05, 3.63) is 52.4 Å². The van der Waals surface area contributed by atoms with E-state index in [0.717, 1.165) is 12.0 Å². The summed E-state index contributed by atoms with van der Waals surface area (Å²) < 4.78 is 0.525. The number of nitrogens with two attached hydrogens (primary N) is 1. The van der Waals surface area contributed by atoms with Crippen molar-refractivity contribution in [2.24, 2.45) is 0 Å². The fourth-order valence-electron chi connectivity index (χ4n) is 1.35. The first-order valence-corrected chi connectivity index (χ1v) is 5.36. The van der Waals surface area contributed by atoms with Gasteiger partial charge < -0.3 is 5.73 Å². The highest BCUT2D eigenvalue weighted by Gasteiger charge is 2.03. The third kappa shape index (κ3) is 2.53. The number of anilines is 1. The van der Waals surface area contributed by atoms with Crippen molar-refractivity contribution in [1.29, 1.82) is 0 Å². The molecule has 15 heavy (non-hydrogen) atoms. The fraction of sp³-hybridized carbons (Fsp3) is 0.0909. The molecule has 0 spiro atoms. The zero-order valence-electron chi connectivity index (χ0n) is 8.02. The highest BCUT2D eigenvalue weighted by Crippen LogP contribution is 2.15. The molecule has 0 radical (unpaired) electrons. The molecule has 0 unspecified atom stereocenters. The van der Waals surface area contributed by atoms with Gasteiger partial charge in [0.1, 0.15) is 5.82 Å². The quantitative estimate of drug-likeness (QED) is 0.847. The Morgan fingerprint density at radius 1 is 1.20 bits per heavy atom. The standard InChI is InChI=1S/C11H10BrN3/c12-11-14-7-9(10(13)15-11)6-8-4-2-1-3-5-8/h1-5,7H,6H2,(H2,13,14,15). The van der Waals surface area contributed by atoms with Crippen LogP contribution in [0.2, 0.25) is 0 Å². The van der Waals surface area contributed by atoms with Gasteiger partial charge in [-0.3, -0.25) is 0 Å². The first-order chi connectivity index (χ1) is 7.25. The van der Waals surface area contributed by atoms with Gasteiger partial charge in [0.15, 0.2) is 4.73 Å². The number of nitrogen functional groups attached to an aromatic ring is 1. The van der Waals surface area contributed by atoms with Crippen LogP contribution in [0.15, 0.2) is 41.3 Å². The molecular weight excluding hydrogens is 254 g/mol. The van der Waals surface area contributed by atoms with Crippen LogP contribution < -0.4 is 5.73 Å². The summed E-state index contributed by atoms with van der Waals surface area (Å²) in [5.41, 5.74) is 7.94. The zero-order chi connectivity index (χ0) is 10.7. The van der Waals surface area contributed by atoms with Crippen LogP contribution in [0.25, 0.3) is 0 Å². The molecule has 0 aliphatic heterocycles. The Kier molecular flexibility index (Phi) is 2.97. The maximum absolute atomic E-state index is 5.79. The Labute approximate surface area is 96.5 Å². The van der Waals surface area contributed by atoms with E-state index < -0.39 is 0 Å². The summed E-state index contributed by atoms with van der Waals surface area (Å²) in [6.07, 6.45) is 2.51. The molecule has 2 aromatic rings. The summed E-state index contributed by atoms with van der Waals surface area (Å²) in [6, 6.07) is 10.1. The van der Waals surface area contributed by atoms with Crippen LogP contribution in [0.3, 0.4) is 0 Å². The molecule has 1 aromatic carbocycles. The predicted molar refractivity (Wildman–Crippen MR) is 63.4 cm³/mol. The van der Waals surface area contributed by atoms with E-state index in [9.17, 15) is 0 Å². The van der Waals surface area contributed by atoms with E-state index in [4.69, 9.17) is 5.73 Å². The normalized spacial score (nSPS) is 10.2. The second kappa shape index (κ2) is 4.40. The Bertz CT molecular complexity index is 457. The number of aromatic nitrogens is 2. The molecule has 2 N–H and O–H groups in total. The fourth-order valence-corrected chi connectivity index (χ4v) is 1.64. The van der Waals surface area contributed by atoms with E-state index in [2.05, 4.69) is 38.0 Å². The molecule has 0 aliphatic rings. The summed E-state index contributed by atoms with van der Waals surface area (Å²) >= 11 is 3.18. The zero-order valence-corrected chi connectivity index (χ0v) is 9.61. The molecule has 0 atom stereocenters. The summed E-state index contributed by atoms with van der Waals surface area (Å²) in [7, 11) is 0. The van der Waals surface area contributed by atoms with Crippen molar-refractivity contribution in [3.63, 3.8) is 0 Å². The van der Waals surface area contributed by atoms with Crippen LogP contribution in [0.4, 0.5) is 5.82 Å². The maximum Gasteiger partial charge on any atom is 0.198 e. The van der Waals surface area contributed by atoms with Crippen molar-refractivity contribution < 1.29 is 0 Å². The minimum atomic E-state index is 0.525. The van der Waals surface area contributed by atoms with Gasteiger partial charge in [-0.1, -0.05) is 30.3 Å². The average molecular weight is 264 g/mol. The summed E-state index contributed by atoms with van der Waals surface area (Å²) in [5.74, 6) is 0.528. The van der Waals surface area contributed by atoms with Gasteiger partial charge in [-0.05, 0) is 21.5 Å². The largest absolute Gasteiger partial charge is 0.383 e. The van der Waals surface area contributed by atoms with Gasteiger partial charge >= 0.3 is 0 Å². The Hall–Kier alpha value is -1.42. The molecule has 0 bridgehead atoms. The summed E-state index contributed by atoms with van der Waals surface area (Å²) in [6.45, 7) is 0. The predicted octanol–water partition coefficient (Wildman–Crippen LogP) is 2.41. The first-order valence-electron chi connectivity index (χ1n) is 4.56. The third-order valence-corrected chi connectivity index (χ3v) is 2.49. The Morgan fingerprint density at radius 3 is 2.60 bits per heavy atom. The van der Waals surface area contributed by atoms with Crippen LogP contribution in [0, 0.1) is 0 Å². The first kappa shape index (κ1) is 10.1. The molecule has 0 fully saturated rings. The summed E-state index contributed by atoms with van der Waals surface area (Å²) in [4.78, 5) is 8.11. The van der Waals surface area contributed by atoms with Crippen molar-refractivity contribution in [3.8, 4) is 0 Å². The van der Waals surface area contributed by atoms with Gasteiger partial charge in [0.25, 0.3) is 0 Å². The summed E-state index contributed by atoms with van der Waals surface area (Å²) in [5, 5.41) is 0. The average Bonchev–Trinajstić information content (AvgIpc) is 2.24. The molecule has 0 amide bonds. The number of benzene rings is 1. The molecule has 0 aliphatic carbocycles. The van der Waals surface area contributed by atoms with Crippen molar-refractivity contribution in [2.75, 3.05) is 5.73 Å². The number of hydrogen-bond acceptors (Lipinski definition) is 3. The molecule has 76 valence electrons. The topological polar surface area (TPSA) is 51.8 Å². The minimum absolute atomic E-state index is 0.525. The van der Waals surface area contributed by atoms with Gasteiger partial charge in [-0.15, -0.1) is 0 Å². The van der Waals surface area contributed by atoms with Crippen LogP contribution in [-0.4, -0.2) is 9.97 Å². The smallest absolute Gasteiger partial charge is 0.198 e. The van der Waals surface area contributed by atoms with Gasteiger partial charge in [0, 0.05) is 18.2 Å². The van der Waals surface area contributed by atoms with Crippen LogP contribution in [0.1, 0.15) is 11.1 Å². The van der Waals surface area contributed by atoms with Gasteiger partial charge in [-0.2, -0.15) is 0 Å². The van der Waals surface area contributed by atoms with Crippen molar-refractivity contribution >= 4 is 21.7 Å². The number of halogens is 1. The van der Waals surface area contributed by atoms with Crippen LogP contribution in [-0.2, 0) is 6.42 Å². The molecule has 3 nitrogen and oxygen atoms in total. The van der Waals surface area contributed by atoms with Gasteiger partial charge in [0.05, 0.1) is 0 Å². The van der Waals surface area contributed by atoms with E-state index in [1.807, 2.05) is 18.2 Å². The van der Waals surface area contributed by atoms with Gasteiger partial charge in [-0.25, -0.2) is 9.97 Å². The molecule has 0 saturated heterocycles. The van der Waals surface area contributed by atoms with E-state index in [1.54, 1.807) is 6.20 Å². The molecule has 0 saturated carbocycles. The lowest BCUT2D eigenvalue weighted by Gasteiger charge is -2.04. The molecule has 1 heterocycles. The van der Waals surface area contributed by atoms with Crippen LogP contribution >= 0.6 is 15.9 Å². The second-order valence-electron chi connectivity index (χ2n) is 3.21. The SMILES string of the molecule is Nc1nc(Br)ncc1Cc1ccccc1. The minimum Gasteiger partial charge on any atom is -0.383 e. The maximum atomic E-state index is 5.79. The van der Waals surface area contributed by atoms with Crippen molar-refractivity contribution in [1.82, 2.24) is 9.97 Å². The van der Waals surface area contributed by atoms with E-state index in [-0.39, 0.29) is 0 Å². The Balaban J connectivity index is 2.25. The Morgan fingerprint density at radius 2 is 1.93 bits per heavy atom. The molecule has 4 heteroatoms. The van der Waals surface area contributed by atoms with E-state index >= 15 is 0 Å². The van der Waals surface area contributed by atoms with E-state index in [1.165, 1.54) is 5.56 Å². The second-order valence-corrected chi connectivity index (χ2v) is 3.92. The number of rotatable bonds is 2. The highest BCUT2D eigenvalue weighted by atomic mass is 79.9.